The minimum absolute atomic E-state index is 0.0116. The molecule has 1 amide bonds. The second-order valence-corrected chi connectivity index (χ2v) is 5.21. The van der Waals surface area contributed by atoms with Crippen molar-refractivity contribution < 1.29 is 4.79 Å². The molecule has 0 radical (unpaired) electrons. The van der Waals surface area contributed by atoms with Gasteiger partial charge in [0.15, 0.2) is 0 Å². The quantitative estimate of drug-likeness (QED) is 0.882. The Labute approximate surface area is 104 Å². The summed E-state index contributed by atoms with van der Waals surface area (Å²) in [4.78, 5) is 11.5. The molecule has 0 bridgehead atoms. The van der Waals surface area contributed by atoms with Crippen LogP contribution in [0.15, 0.2) is 28.7 Å². The van der Waals surface area contributed by atoms with Gasteiger partial charge in [-0.1, -0.05) is 28.1 Å². The number of halogens is 1. The molecule has 86 valence electrons. The number of rotatable bonds is 4. The van der Waals surface area contributed by atoms with Crippen LogP contribution in [0, 0.1) is 0 Å². The van der Waals surface area contributed by atoms with Gasteiger partial charge in [0.2, 0.25) is 5.91 Å². The SMILES string of the molecule is NC1(C(=O)NCCc2cccc(Br)c2)CC1. The third kappa shape index (κ3) is 2.83. The molecule has 3 nitrogen and oxygen atoms in total. The van der Waals surface area contributed by atoms with E-state index >= 15 is 0 Å². The Hall–Kier alpha value is -0.870. The summed E-state index contributed by atoms with van der Waals surface area (Å²) in [5, 5.41) is 2.87. The average molecular weight is 283 g/mol. The second-order valence-electron chi connectivity index (χ2n) is 4.29. The zero-order valence-electron chi connectivity index (χ0n) is 9.00. The molecule has 0 aliphatic heterocycles. The lowest BCUT2D eigenvalue weighted by Crippen LogP contribution is -2.43. The van der Waals surface area contributed by atoms with E-state index in [1.807, 2.05) is 18.2 Å². The summed E-state index contributed by atoms with van der Waals surface area (Å²) in [5.41, 5.74) is 6.42. The molecule has 0 spiro atoms. The molecule has 0 aromatic heterocycles. The second kappa shape index (κ2) is 4.55. The normalized spacial score (nSPS) is 16.9. The molecule has 4 heteroatoms. The minimum atomic E-state index is -0.558. The maximum Gasteiger partial charge on any atom is 0.240 e. The van der Waals surface area contributed by atoms with E-state index < -0.39 is 5.54 Å². The summed E-state index contributed by atoms with van der Waals surface area (Å²) in [5.74, 6) is -0.0116. The highest BCUT2D eigenvalue weighted by atomic mass is 79.9. The van der Waals surface area contributed by atoms with Gasteiger partial charge in [-0.25, -0.2) is 0 Å². The van der Waals surface area contributed by atoms with Crippen molar-refractivity contribution in [1.82, 2.24) is 5.32 Å². The maximum atomic E-state index is 11.5. The van der Waals surface area contributed by atoms with Crippen molar-refractivity contribution in [2.75, 3.05) is 6.54 Å². The number of nitrogens with two attached hydrogens (primary N) is 1. The van der Waals surface area contributed by atoms with Crippen molar-refractivity contribution >= 4 is 21.8 Å². The fraction of sp³-hybridized carbons (Fsp3) is 0.417. The highest BCUT2D eigenvalue weighted by Crippen LogP contribution is 2.31. The van der Waals surface area contributed by atoms with E-state index in [2.05, 4.69) is 27.3 Å². The monoisotopic (exact) mass is 282 g/mol. The van der Waals surface area contributed by atoms with E-state index in [0.717, 1.165) is 23.7 Å². The van der Waals surface area contributed by atoms with Gasteiger partial charge in [-0.3, -0.25) is 4.79 Å². The number of hydrogen-bond donors (Lipinski definition) is 2. The van der Waals surface area contributed by atoms with E-state index in [1.165, 1.54) is 5.56 Å². The standard InChI is InChI=1S/C12H15BrN2O/c13-10-3-1-2-9(8-10)4-7-15-11(16)12(14)5-6-12/h1-3,8H,4-7,14H2,(H,15,16). The van der Waals surface area contributed by atoms with E-state index in [0.29, 0.717) is 6.54 Å². The first-order valence-electron chi connectivity index (χ1n) is 5.42. The largest absolute Gasteiger partial charge is 0.354 e. The molecule has 1 aliphatic rings. The molecule has 1 saturated carbocycles. The molecule has 1 aromatic carbocycles. The van der Waals surface area contributed by atoms with Crippen LogP contribution < -0.4 is 11.1 Å². The van der Waals surface area contributed by atoms with E-state index in [-0.39, 0.29) is 5.91 Å². The molecular formula is C12H15BrN2O. The van der Waals surface area contributed by atoms with Crippen LogP contribution in [-0.2, 0) is 11.2 Å². The summed E-state index contributed by atoms with van der Waals surface area (Å²) in [7, 11) is 0. The smallest absolute Gasteiger partial charge is 0.240 e. The van der Waals surface area contributed by atoms with Gasteiger partial charge in [0.1, 0.15) is 0 Å². The van der Waals surface area contributed by atoms with Gasteiger partial charge in [-0.2, -0.15) is 0 Å². The number of nitrogens with one attached hydrogen (secondary N) is 1. The van der Waals surface area contributed by atoms with Crippen molar-refractivity contribution in [3.05, 3.63) is 34.3 Å². The van der Waals surface area contributed by atoms with Gasteiger partial charge in [0.05, 0.1) is 5.54 Å². The van der Waals surface area contributed by atoms with E-state index in [1.54, 1.807) is 0 Å². The highest BCUT2D eigenvalue weighted by Gasteiger charge is 2.45. The Kier molecular flexibility index (Phi) is 3.30. The number of carbonyl (C=O) groups is 1. The predicted octanol–water partition coefficient (Wildman–Crippen LogP) is 1.60. The minimum Gasteiger partial charge on any atom is -0.354 e. The van der Waals surface area contributed by atoms with Crippen molar-refractivity contribution in [3.8, 4) is 0 Å². The molecular weight excluding hydrogens is 268 g/mol. The van der Waals surface area contributed by atoms with E-state index in [4.69, 9.17) is 5.73 Å². The van der Waals surface area contributed by atoms with Crippen LogP contribution in [0.5, 0.6) is 0 Å². The third-order valence-corrected chi connectivity index (χ3v) is 3.32. The lowest BCUT2D eigenvalue weighted by molar-refractivity contribution is -0.123. The number of hydrogen-bond acceptors (Lipinski definition) is 2. The first-order chi connectivity index (χ1) is 7.60. The van der Waals surface area contributed by atoms with Gasteiger partial charge in [-0.05, 0) is 37.0 Å². The van der Waals surface area contributed by atoms with Crippen LogP contribution in [-0.4, -0.2) is 18.0 Å². The Bertz CT molecular complexity index is 402. The van der Waals surface area contributed by atoms with Crippen LogP contribution in [0.3, 0.4) is 0 Å². The fourth-order valence-corrected chi connectivity index (χ4v) is 2.00. The molecule has 16 heavy (non-hydrogen) atoms. The van der Waals surface area contributed by atoms with Gasteiger partial charge < -0.3 is 11.1 Å². The summed E-state index contributed by atoms with van der Waals surface area (Å²) < 4.78 is 1.06. The van der Waals surface area contributed by atoms with Gasteiger partial charge in [0.25, 0.3) is 0 Å². The maximum absolute atomic E-state index is 11.5. The summed E-state index contributed by atoms with van der Waals surface area (Å²) in [6.45, 7) is 0.647. The zero-order chi connectivity index (χ0) is 11.6. The Morgan fingerprint density at radius 1 is 1.50 bits per heavy atom. The lowest BCUT2D eigenvalue weighted by Gasteiger charge is -2.09. The first-order valence-corrected chi connectivity index (χ1v) is 6.21. The van der Waals surface area contributed by atoms with Crippen LogP contribution in [0.25, 0.3) is 0 Å². The molecule has 0 unspecified atom stereocenters. The van der Waals surface area contributed by atoms with Crippen LogP contribution in [0.2, 0.25) is 0 Å². The van der Waals surface area contributed by atoms with E-state index in [9.17, 15) is 4.79 Å². The summed E-state index contributed by atoms with van der Waals surface area (Å²) >= 11 is 3.42. The van der Waals surface area contributed by atoms with Crippen molar-refractivity contribution in [2.45, 2.75) is 24.8 Å². The molecule has 0 saturated heterocycles. The van der Waals surface area contributed by atoms with Crippen molar-refractivity contribution in [2.24, 2.45) is 5.73 Å². The fourth-order valence-electron chi connectivity index (χ4n) is 1.55. The van der Waals surface area contributed by atoms with Crippen LogP contribution in [0.4, 0.5) is 0 Å². The molecule has 1 fully saturated rings. The Morgan fingerprint density at radius 3 is 2.88 bits per heavy atom. The molecule has 0 heterocycles. The van der Waals surface area contributed by atoms with Crippen molar-refractivity contribution in [1.29, 1.82) is 0 Å². The zero-order valence-corrected chi connectivity index (χ0v) is 10.6. The number of carbonyl (C=O) groups excluding carboxylic acids is 1. The third-order valence-electron chi connectivity index (χ3n) is 2.83. The lowest BCUT2D eigenvalue weighted by atomic mass is 10.1. The van der Waals surface area contributed by atoms with Gasteiger partial charge in [-0.15, -0.1) is 0 Å². The average Bonchev–Trinajstić information content (AvgIpc) is 2.98. The van der Waals surface area contributed by atoms with Gasteiger partial charge in [0, 0.05) is 11.0 Å². The number of benzene rings is 1. The Morgan fingerprint density at radius 2 is 2.25 bits per heavy atom. The van der Waals surface area contributed by atoms with Crippen molar-refractivity contribution in [3.63, 3.8) is 0 Å². The molecule has 2 rings (SSSR count). The number of amides is 1. The highest BCUT2D eigenvalue weighted by molar-refractivity contribution is 9.10. The predicted molar refractivity (Wildman–Crippen MR) is 67.0 cm³/mol. The topological polar surface area (TPSA) is 55.1 Å². The summed E-state index contributed by atoms with van der Waals surface area (Å²) in [6.07, 6.45) is 2.46. The Balaban J connectivity index is 1.78. The van der Waals surface area contributed by atoms with Gasteiger partial charge >= 0.3 is 0 Å². The summed E-state index contributed by atoms with van der Waals surface area (Å²) in [6, 6.07) is 8.08. The van der Waals surface area contributed by atoms with Crippen LogP contribution >= 0.6 is 15.9 Å². The molecule has 1 aromatic rings. The molecule has 1 aliphatic carbocycles. The first kappa shape index (κ1) is 11.6. The van der Waals surface area contributed by atoms with Crippen LogP contribution in [0.1, 0.15) is 18.4 Å². The molecule has 0 atom stereocenters. The molecule has 3 N–H and O–H groups in total.